The van der Waals surface area contributed by atoms with Crippen molar-refractivity contribution in [3.8, 4) is 0 Å². The van der Waals surface area contributed by atoms with Gasteiger partial charge < -0.3 is 5.32 Å². The van der Waals surface area contributed by atoms with Gasteiger partial charge in [-0.1, -0.05) is 28.8 Å². The lowest BCUT2D eigenvalue weighted by Crippen LogP contribution is -2.13. The van der Waals surface area contributed by atoms with Gasteiger partial charge in [0.05, 0.1) is 0 Å². The Labute approximate surface area is 99.0 Å². The van der Waals surface area contributed by atoms with E-state index in [1.807, 2.05) is 0 Å². The van der Waals surface area contributed by atoms with Gasteiger partial charge in [0.1, 0.15) is 0 Å². The van der Waals surface area contributed by atoms with Gasteiger partial charge in [0.25, 0.3) is 0 Å². The van der Waals surface area contributed by atoms with Crippen LogP contribution in [0.1, 0.15) is 31.2 Å². The molecule has 0 aliphatic rings. The van der Waals surface area contributed by atoms with Gasteiger partial charge in [0.15, 0.2) is 0 Å². The summed E-state index contributed by atoms with van der Waals surface area (Å²) in [6, 6.07) is 2.18. The third-order valence-corrected chi connectivity index (χ3v) is 3.44. The van der Waals surface area contributed by atoms with Crippen molar-refractivity contribution in [2.45, 2.75) is 32.2 Å². The zero-order valence-electron chi connectivity index (χ0n) is 8.47. The summed E-state index contributed by atoms with van der Waals surface area (Å²) in [5, 5.41) is 8.95. The fourth-order valence-electron chi connectivity index (χ4n) is 1.32. The molecule has 1 heterocycles. The molecular weight excluding hydrogens is 258 g/mol. The first-order valence-corrected chi connectivity index (χ1v) is 7.27. The average Bonchev–Trinajstić information content (AvgIpc) is 2.69. The molecule has 0 spiro atoms. The fraction of sp³-hybridized carbons (Fsp3) is 0.636. The van der Waals surface area contributed by atoms with Crippen molar-refractivity contribution < 1.29 is 0 Å². The van der Waals surface area contributed by atoms with Crippen LogP contribution < -0.4 is 5.32 Å². The summed E-state index contributed by atoms with van der Waals surface area (Å²) in [5.41, 5.74) is 1.41. The van der Waals surface area contributed by atoms with Crippen LogP contribution in [0.2, 0.25) is 0 Å². The highest BCUT2D eigenvalue weighted by molar-refractivity contribution is 9.09. The summed E-state index contributed by atoms with van der Waals surface area (Å²) >= 11 is 5.21. The molecule has 0 amide bonds. The average molecular weight is 276 g/mol. The molecule has 1 aromatic rings. The lowest BCUT2D eigenvalue weighted by molar-refractivity contribution is 0.600. The third kappa shape index (κ3) is 5.78. The quantitative estimate of drug-likeness (QED) is 0.562. The SMILES string of the molecule is BrCCCCCCNCc1ccsc1. The Morgan fingerprint density at radius 1 is 1.21 bits per heavy atom. The van der Waals surface area contributed by atoms with Crippen LogP contribution in [0.3, 0.4) is 0 Å². The summed E-state index contributed by atoms with van der Waals surface area (Å²) in [6.45, 7) is 2.18. The second-order valence-corrected chi connectivity index (χ2v) is 4.98. The molecule has 1 nitrogen and oxygen atoms in total. The molecule has 80 valence electrons. The second-order valence-electron chi connectivity index (χ2n) is 3.41. The monoisotopic (exact) mass is 275 g/mol. The standard InChI is InChI=1S/C11H18BrNS/c12-6-3-1-2-4-7-13-9-11-5-8-14-10-11/h5,8,10,13H,1-4,6-7,9H2. The Bertz CT molecular complexity index is 211. The molecule has 1 rings (SSSR count). The Balaban J connectivity index is 1.85. The smallest absolute Gasteiger partial charge is 0.0213 e. The Hall–Kier alpha value is 0.140. The van der Waals surface area contributed by atoms with E-state index in [9.17, 15) is 0 Å². The molecule has 0 unspecified atom stereocenters. The van der Waals surface area contributed by atoms with E-state index < -0.39 is 0 Å². The van der Waals surface area contributed by atoms with Gasteiger partial charge in [-0.25, -0.2) is 0 Å². The predicted molar refractivity (Wildman–Crippen MR) is 68.3 cm³/mol. The van der Waals surface area contributed by atoms with E-state index >= 15 is 0 Å². The van der Waals surface area contributed by atoms with Gasteiger partial charge in [-0.3, -0.25) is 0 Å². The van der Waals surface area contributed by atoms with Gasteiger partial charge in [0, 0.05) is 11.9 Å². The highest BCUT2D eigenvalue weighted by Gasteiger charge is 1.92. The van der Waals surface area contributed by atoms with Gasteiger partial charge in [-0.05, 0) is 41.8 Å². The minimum atomic E-state index is 1.03. The maximum Gasteiger partial charge on any atom is 0.0213 e. The Morgan fingerprint density at radius 3 is 2.79 bits per heavy atom. The molecule has 0 bridgehead atoms. The topological polar surface area (TPSA) is 12.0 Å². The van der Waals surface area contributed by atoms with E-state index in [1.54, 1.807) is 11.3 Å². The molecule has 0 radical (unpaired) electrons. The van der Waals surface area contributed by atoms with Crippen LogP contribution in [-0.2, 0) is 6.54 Å². The molecule has 1 N–H and O–H groups in total. The van der Waals surface area contributed by atoms with E-state index in [1.165, 1.54) is 31.2 Å². The summed E-state index contributed by atoms with van der Waals surface area (Å²) in [4.78, 5) is 0. The molecule has 0 aliphatic carbocycles. The van der Waals surface area contributed by atoms with E-state index in [-0.39, 0.29) is 0 Å². The van der Waals surface area contributed by atoms with Gasteiger partial charge in [-0.15, -0.1) is 0 Å². The molecule has 0 aliphatic heterocycles. The van der Waals surface area contributed by atoms with E-state index in [0.29, 0.717) is 0 Å². The molecule has 0 saturated carbocycles. The maximum atomic E-state index is 3.46. The van der Waals surface area contributed by atoms with Gasteiger partial charge in [0.2, 0.25) is 0 Å². The number of halogens is 1. The molecular formula is C11H18BrNS. The Morgan fingerprint density at radius 2 is 2.07 bits per heavy atom. The maximum absolute atomic E-state index is 3.46. The van der Waals surface area contributed by atoms with E-state index in [2.05, 4.69) is 38.1 Å². The van der Waals surface area contributed by atoms with Crippen LogP contribution in [0.25, 0.3) is 0 Å². The summed E-state index contributed by atoms with van der Waals surface area (Å²) < 4.78 is 0. The van der Waals surface area contributed by atoms with Crippen molar-refractivity contribution in [3.05, 3.63) is 22.4 Å². The first-order valence-electron chi connectivity index (χ1n) is 5.21. The fourth-order valence-corrected chi connectivity index (χ4v) is 2.39. The van der Waals surface area contributed by atoms with Crippen LogP contribution in [-0.4, -0.2) is 11.9 Å². The first kappa shape index (κ1) is 12.2. The number of thiophene rings is 1. The number of hydrogen-bond acceptors (Lipinski definition) is 2. The summed E-state index contributed by atoms with van der Waals surface area (Å²) in [5.74, 6) is 0. The van der Waals surface area contributed by atoms with Crippen molar-refractivity contribution in [1.29, 1.82) is 0 Å². The third-order valence-electron chi connectivity index (χ3n) is 2.15. The number of hydrogen-bond donors (Lipinski definition) is 1. The van der Waals surface area contributed by atoms with Crippen LogP contribution in [0.5, 0.6) is 0 Å². The van der Waals surface area contributed by atoms with Crippen LogP contribution in [0.4, 0.5) is 0 Å². The number of alkyl halides is 1. The summed E-state index contributed by atoms with van der Waals surface area (Å²) in [6.07, 6.45) is 5.31. The normalized spacial score (nSPS) is 10.6. The summed E-state index contributed by atoms with van der Waals surface area (Å²) in [7, 11) is 0. The van der Waals surface area contributed by atoms with Crippen molar-refractivity contribution in [1.82, 2.24) is 5.32 Å². The van der Waals surface area contributed by atoms with Crippen molar-refractivity contribution >= 4 is 27.3 Å². The number of rotatable bonds is 8. The van der Waals surface area contributed by atoms with Gasteiger partial charge in [-0.2, -0.15) is 11.3 Å². The zero-order valence-corrected chi connectivity index (χ0v) is 10.9. The zero-order chi connectivity index (χ0) is 10.1. The minimum absolute atomic E-state index is 1.03. The van der Waals surface area contributed by atoms with E-state index in [0.717, 1.165) is 18.4 Å². The minimum Gasteiger partial charge on any atom is -0.313 e. The van der Waals surface area contributed by atoms with E-state index in [4.69, 9.17) is 0 Å². The lowest BCUT2D eigenvalue weighted by atomic mass is 10.2. The van der Waals surface area contributed by atoms with Crippen LogP contribution >= 0.6 is 27.3 Å². The number of nitrogens with one attached hydrogen (secondary N) is 1. The molecule has 1 aromatic heterocycles. The predicted octanol–water partition coefficient (Wildman–Crippen LogP) is 3.79. The van der Waals surface area contributed by atoms with Crippen LogP contribution in [0.15, 0.2) is 16.8 Å². The molecule has 14 heavy (non-hydrogen) atoms. The molecule has 3 heteroatoms. The Kier molecular flexibility index (Phi) is 7.37. The van der Waals surface area contributed by atoms with Crippen molar-refractivity contribution in [2.75, 3.05) is 11.9 Å². The van der Waals surface area contributed by atoms with Crippen molar-refractivity contribution in [3.63, 3.8) is 0 Å². The number of unbranched alkanes of at least 4 members (excludes halogenated alkanes) is 3. The highest BCUT2D eigenvalue weighted by atomic mass is 79.9. The van der Waals surface area contributed by atoms with Gasteiger partial charge >= 0.3 is 0 Å². The highest BCUT2D eigenvalue weighted by Crippen LogP contribution is 2.05. The molecule has 0 atom stereocenters. The second kappa shape index (κ2) is 8.45. The van der Waals surface area contributed by atoms with Crippen molar-refractivity contribution in [2.24, 2.45) is 0 Å². The molecule has 0 saturated heterocycles. The molecule has 0 aromatic carbocycles. The molecule has 0 fully saturated rings. The van der Waals surface area contributed by atoms with Crippen LogP contribution in [0, 0.1) is 0 Å². The largest absolute Gasteiger partial charge is 0.313 e. The lowest BCUT2D eigenvalue weighted by Gasteiger charge is -2.02. The first-order chi connectivity index (χ1) is 6.93.